The van der Waals surface area contributed by atoms with Gasteiger partial charge in [-0.15, -0.1) is 0 Å². The zero-order valence-electron chi connectivity index (χ0n) is 14.3. The van der Waals surface area contributed by atoms with Gasteiger partial charge in [0.25, 0.3) is 0 Å². The normalized spacial score (nSPS) is 21.4. The Bertz CT molecular complexity index is 695. The first kappa shape index (κ1) is 15.5. The van der Waals surface area contributed by atoms with Crippen molar-refractivity contribution >= 4 is 5.69 Å². The lowest BCUT2D eigenvalue weighted by atomic mass is 9.90. The molecule has 1 aromatic heterocycles. The van der Waals surface area contributed by atoms with Crippen molar-refractivity contribution in [3.05, 3.63) is 53.9 Å². The highest BCUT2D eigenvalue weighted by atomic mass is 16.5. The molecular formula is C20H25N3O. The van der Waals surface area contributed by atoms with Gasteiger partial charge in [0.05, 0.1) is 12.8 Å². The van der Waals surface area contributed by atoms with E-state index in [2.05, 4.69) is 39.0 Å². The molecule has 24 heavy (non-hydrogen) atoms. The van der Waals surface area contributed by atoms with Crippen LogP contribution in [0.2, 0.25) is 0 Å². The summed E-state index contributed by atoms with van der Waals surface area (Å²) in [5.41, 5.74) is 3.97. The number of hydrogen-bond acceptors (Lipinski definition) is 4. The molecule has 4 nitrogen and oxygen atoms in total. The maximum atomic E-state index is 5.52. The highest BCUT2D eigenvalue weighted by Crippen LogP contribution is 2.30. The van der Waals surface area contributed by atoms with Gasteiger partial charge < -0.3 is 9.64 Å². The van der Waals surface area contributed by atoms with E-state index in [-0.39, 0.29) is 0 Å². The van der Waals surface area contributed by atoms with Crippen LogP contribution in [-0.4, -0.2) is 49.2 Å². The standard InChI is InChI=1S/C20H25N3O/c1-24-20-7-3-2-6-19(20)23-13-11-22(12-14-23)17-9-8-16-5-4-10-21-18(16)15-17/h2-7,10,17H,8-9,11-15H2,1H3. The molecule has 0 radical (unpaired) electrons. The zero-order valence-corrected chi connectivity index (χ0v) is 14.3. The van der Waals surface area contributed by atoms with E-state index in [1.807, 2.05) is 18.3 Å². The summed E-state index contributed by atoms with van der Waals surface area (Å²) in [5, 5.41) is 0. The quantitative estimate of drug-likeness (QED) is 0.868. The van der Waals surface area contributed by atoms with Crippen LogP contribution in [-0.2, 0) is 12.8 Å². The third kappa shape index (κ3) is 2.98. The minimum absolute atomic E-state index is 0.646. The largest absolute Gasteiger partial charge is 0.495 e. The number of piperazine rings is 1. The number of rotatable bonds is 3. The van der Waals surface area contributed by atoms with Gasteiger partial charge in [-0.1, -0.05) is 18.2 Å². The summed E-state index contributed by atoms with van der Waals surface area (Å²) in [6, 6.07) is 13.3. The van der Waals surface area contributed by atoms with Crippen molar-refractivity contribution in [2.45, 2.75) is 25.3 Å². The Balaban J connectivity index is 1.40. The van der Waals surface area contributed by atoms with Crippen molar-refractivity contribution in [3.8, 4) is 5.75 Å². The first-order valence-corrected chi connectivity index (χ1v) is 8.90. The third-order valence-corrected chi connectivity index (χ3v) is 5.42. The van der Waals surface area contributed by atoms with E-state index in [9.17, 15) is 0 Å². The Morgan fingerprint density at radius 1 is 1.04 bits per heavy atom. The number of hydrogen-bond donors (Lipinski definition) is 0. The molecule has 126 valence electrons. The van der Waals surface area contributed by atoms with E-state index < -0.39 is 0 Å². The second kappa shape index (κ2) is 6.81. The first-order valence-electron chi connectivity index (χ1n) is 8.90. The molecule has 0 N–H and O–H groups in total. The Labute approximate surface area is 144 Å². The highest BCUT2D eigenvalue weighted by molar-refractivity contribution is 5.58. The smallest absolute Gasteiger partial charge is 0.142 e. The van der Waals surface area contributed by atoms with Crippen LogP contribution < -0.4 is 9.64 Å². The van der Waals surface area contributed by atoms with Gasteiger partial charge in [-0.25, -0.2) is 0 Å². The van der Waals surface area contributed by atoms with Gasteiger partial charge in [0.15, 0.2) is 0 Å². The number of benzene rings is 1. The van der Waals surface area contributed by atoms with Crippen LogP contribution in [0, 0.1) is 0 Å². The SMILES string of the molecule is COc1ccccc1N1CCN(C2CCc3cccnc3C2)CC1. The number of ether oxygens (including phenoxy) is 1. The molecule has 1 aliphatic heterocycles. The molecule has 0 saturated carbocycles. The van der Waals surface area contributed by atoms with Gasteiger partial charge in [-0.3, -0.25) is 9.88 Å². The summed E-state index contributed by atoms with van der Waals surface area (Å²) in [6.45, 7) is 4.35. The van der Waals surface area contributed by atoms with Crippen LogP contribution in [0.15, 0.2) is 42.6 Å². The van der Waals surface area contributed by atoms with Gasteiger partial charge in [-0.2, -0.15) is 0 Å². The number of para-hydroxylation sites is 2. The van der Waals surface area contributed by atoms with Crippen molar-refractivity contribution in [1.29, 1.82) is 0 Å². The molecule has 0 amide bonds. The van der Waals surface area contributed by atoms with E-state index in [4.69, 9.17) is 4.74 Å². The van der Waals surface area contributed by atoms with E-state index >= 15 is 0 Å². The molecule has 1 aromatic carbocycles. The first-order chi connectivity index (χ1) is 11.8. The van der Waals surface area contributed by atoms with Crippen LogP contribution in [0.25, 0.3) is 0 Å². The number of methoxy groups -OCH3 is 1. The maximum absolute atomic E-state index is 5.52. The fourth-order valence-electron chi connectivity index (χ4n) is 4.06. The number of nitrogens with zero attached hydrogens (tertiary/aromatic N) is 3. The van der Waals surface area contributed by atoms with Gasteiger partial charge in [0, 0.05) is 50.5 Å². The summed E-state index contributed by atoms with van der Waals surface area (Å²) in [6.07, 6.45) is 5.46. The molecule has 1 fully saturated rings. The molecule has 1 unspecified atom stereocenters. The van der Waals surface area contributed by atoms with Crippen LogP contribution >= 0.6 is 0 Å². The average molecular weight is 323 g/mol. The molecule has 1 saturated heterocycles. The van der Waals surface area contributed by atoms with E-state index in [1.165, 1.54) is 29.8 Å². The number of anilines is 1. The van der Waals surface area contributed by atoms with Crippen molar-refractivity contribution in [2.75, 3.05) is 38.2 Å². The van der Waals surface area contributed by atoms with Gasteiger partial charge >= 0.3 is 0 Å². The van der Waals surface area contributed by atoms with Crippen molar-refractivity contribution in [1.82, 2.24) is 9.88 Å². The third-order valence-electron chi connectivity index (χ3n) is 5.42. The summed E-state index contributed by atoms with van der Waals surface area (Å²) < 4.78 is 5.52. The Hall–Kier alpha value is -2.07. The van der Waals surface area contributed by atoms with Crippen LogP contribution in [0.3, 0.4) is 0 Å². The number of pyridine rings is 1. The maximum Gasteiger partial charge on any atom is 0.142 e. The van der Waals surface area contributed by atoms with Gasteiger partial charge in [0.1, 0.15) is 5.75 Å². The summed E-state index contributed by atoms with van der Waals surface area (Å²) in [4.78, 5) is 9.70. The molecular weight excluding hydrogens is 298 g/mol. The molecule has 4 heteroatoms. The summed E-state index contributed by atoms with van der Waals surface area (Å²) >= 11 is 0. The lowest BCUT2D eigenvalue weighted by Crippen LogP contribution is -2.51. The van der Waals surface area contributed by atoms with Crippen molar-refractivity contribution in [2.24, 2.45) is 0 Å². The Kier molecular flexibility index (Phi) is 4.39. The predicted octanol–water partition coefficient (Wildman–Crippen LogP) is 2.77. The summed E-state index contributed by atoms with van der Waals surface area (Å²) in [5.74, 6) is 0.974. The Morgan fingerprint density at radius 3 is 2.71 bits per heavy atom. The zero-order chi connectivity index (χ0) is 16.4. The van der Waals surface area contributed by atoms with Gasteiger partial charge in [-0.05, 0) is 36.6 Å². The van der Waals surface area contributed by atoms with E-state index in [1.54, 1.807) is 7.11 Å². The van der Waals surface area contributed by atoms with E-state index in [0.29, 0.717) is 6.04 Å². The monoisotopic (exact) mass is 323 g/mol. The molecule has 1 atom stereocenters. The fraction of sp³-hybridized carbons (Fsp3) is 0.450. The number of aryl methyl sites for hydroxylation is 1. The minimum atomic E-state index is 0.646. The second-order valence-corrected chi connectivity index (χ2v) is 6.70. The van der Waals surface area contributed by atoms with Crippen molar-refractivity contribution in [3.63, 3.8) is 0 Å². The number of aromatic nitrogens is 1. The lowest BCUT2D eigenvalue weighted by molar-refractivity contribution is 0.168. The van der Waals surface area contributed by atoms with Crippen LogP contribution in [0.1, 0.15) is 17.7 Å². The molecule has 2 aromatic rings. The molecule has 2 aliphatic rings. The van der Waals surface area contributed by atoms with Crippen LogP contribution in [0.4, 0.5) is 5.69 Å². The van der Waals surface area contributed by atoms with E-state index in [0.717, 1.165) is 38.3 Å². The highest BCUT2D eigenvalue weighted by Gasteiger charge is 2.28. The molecule has 2 heterocycles. The molecule has 0 spiro atoms. The summed E-state index contributed by atoms with van der Waals surface area (Å²) in [7, 11) is 1.75. The fourth-order valence-corrected chi connectivity index (χ4v) is 4.06. The molecule has 1 aliphatic carbocycles. The van der Waals surface area contributed by atoms with Gasteiger partial charge in [0.2, 0.25) is 0 Å². The number of fused-ring (bicyclic) bond motifs is 1. The minimum Gasteiger partial charge on any atom is -0.495 e. The van der Waals surface area contributed by atoms with Crippen molar-refractivity contribution < 1.29 is 4.74 Å². The molecule has 0 bridgehead atoms. The lowest BCUT2D eigenvalue weighted by Gasteiger charge is -2.41. The predicted molar refractivity (Wildman–Crippen MR) is 96.8 cm³/mol. The molecule has 4 rings (SSSR count). The topological polar surface area (TPSA) is 28.6 Å². The second-order valence-electron chi connectivity index (χ2n) is 6.70. The Morgan fingerprint density at radius 2 is 1.88 bits per heavy atom. The van der Waals surface area contributed by atoms with Crippen LogP contribution in [0.5, 0.6) is 5.75 Å². The average Bonchev–Trinajstić information content (AvgIpc) is 2.67.